The van der Waals surface area contributed by atoms with Crippen LogP contribution in [0, 0.1) is 11.3 Å². The van der Waals surface area contributed by atoms with Crippen LogP contribution in [-0.4, -0.2) is 200 Å². The van der Waals surface area contributed by atoms with Gasteiger partial charge in [0.1, 0.15) is 67.0 Å². The second kappa shape index (κ2) is 39.5. The van der Waals surface area contributed by atoms with E-state index >= 15 is 0 Å². The van der Waals surface area contributed by atoms with Gasteiger partial charge in [0.25, 0.3) is 0 Å². The zero-order valence-corrected chi connectivity index (χ0v) is 51.7. The average molecular weight is 1250 g/mol. The number of rotatable bonds is 29. The van der Waals surface area contributed by atoms with Gasteiger partial charge in [0, 0.05) is 13.0 Å². The highest BCUT2D eigenvalue weighted by Crippen LogP contribution is 2.24. The lowest BCUT2D eigenvalue weighted by Crippen LogP contribution is -2.62. The van der Waals surface area contributed by atoms with Crippen LogP contribution in [0.4, 0.5) is 0 Å². The number of esters is 1. The standard InChI is InChI=1S/C57H98N16O15/c1-8-21-57(6,7)56(87)88-28-20-43(76)64-35(14-22-58)50(81)73-45(33(5)75)55(86)69-38(17-25-61)47(78)68-40-19-27-63-54(85)44(32(4)74)72-51(82)39(18-26-62)66-46(77)36(15-23-59)67-52(83)41(29-31(2)3)70-53(84)42(30-34-12-10-9-11-13-34)71-48(79)37(16-24-60)65-49(40)80/h9-13,31-33,35-42,44-45,74-75H,8,14-30,58-62H2,1-7H3,(H,63,85)(H,64,76)(H,65,80)(H,66,77)(H,67,83)(H,68,78)(H,69,86)(H,70,84)(H,71,79)(H,72,82)(H,73,81)/t32-,33?,35-,36-,37-,38-,39-,40-,41-,42+,44-,45-/m0/s1. The van der Waals surface area contributed by atoms with Gasteiger partial charge in [0.2, 0.25) is 65.0 Å². The summed E-state index contributed by atoms with van der Waals surface area (Å²) in [6, 6.07) is -6.69. The summed E-state index contributed by atoms with van der Waals surface area (Å²) in [7, 11) is 0. The van der Waals surface area contributed by atoms with Gasteiger partial charge in [0.05, 0.1) is 24.0 Å². The molecule has 2 rings (SSSR count). The largest absolute Gasteiger partial charge is 0.465 e. The minimum atomic E-state index is -1.78. The molecule has 0 saturated carbocycles. The van der Waals surface area contributed by atoms with E-state index in [9.17, 15) is 67.7 Å². The molecule has 0 bridgehead atoms. The van der Waals surface area contributed by atoms with Crippen molar-refractivity contribution in [1.82, 2.24) is 58.5 Å². The molecule has 0 aliphatic carbocycles. The Morgan fingerprint density at radius 1 is 0.614 bits per heavy atom. The van der Waals surface area contributed by atoms with Crippen LogP contribution < -0.4 is 87.2 Å². The monoisotopic (exact) mass is 1250 g/mol. The van der Waals surface area contributed by atoms with Gasteiger partial charge in [-0.1, -0.05) is 57.5 Å². The number of nitrogens with one attached hydrogen (secondary N) is 11. The molecule has 23 N–H and O–H groups in total. The molecule has 1 aliphatic heterocycles. The molecule has 0 radical (unpaired) electrons. The van der Waals surface area contributed by atoms with Crippen LogP contribution in [-0.2, 0) is 68.7 Å². The van der Waals surface area contributed by atoms with Crippen molar-refractivity contribution in [3.8, 4) is 0 Å². The molecule has 1 fully saturated rings. The number of ether oxygens (including phenoxy) is 1. The average Bonchev–Trinajstić information content (AvgIpc) is 3.65. The Morgan fingerprint density at radius 3 is 1.60 bits per heavy atom. The van der Waals surface area contributed by atoms with Gasteiger partial charge in [-0.05, 0) is 123 Å². The molecule has 1 unspecified atom stereocenters. The molecule has 31 nitrogen and oxygen atoms in total. The second-order valence-electron chi connectivity index (χ2n) is 22.8. The van der Waals surface area contributed by atoms with Crippen LogP contribution in [0.3, 0.4) is 0 Å². The Labute approximate surface area is 513 Å². The number of nitrogens with two attached hydrogens (primary N) is 5. The maximum Gasteiger partial charge on any atom is 0.311 e. The second-order valence-corrected chi connectivity index (χ2v) is 22.8. The fourth-order valence-electron chi connectivity index (χ4n) is 9.30. The summed E-state index contributed by atoms with van der Waals surface area (Å²) in [5.41, 5.74) is 29.1. The highest BCUT2D eigenvalue weighted by molar-refractivity contribution is 5.99. The van der Waals surface area contributed by atoms with Crippen LogP contribution >= 0.6 is 0 Å². The fourth-order valence-corrected chi connectivity index (χ4v) is 9.30. The molecule has 0 aromatic heterocycles. The van der Waals surface area contributed by atoms with Gasteiger partial charge >= 0.3 is 5.97 Å². The molecule has 12 atom stereocenters. The van der Waals surface area contributed by atoms with E-state index in [1.165, 1.54) is 6.92 Å². The zero-order valence-electron chi connectivity index (χ0n) is 51.7. The third-order valence-electron chi connectivity index (χ3n) is 14.2. The van der Waals surface area contributed by atoms with E-state index in [0.717, 1.165) is 13.3 Å². The van der Waals surface area contributed by atoms with E-state index in [0.29, 0.717) is 12.0 Å². The van der Waals surface area contributed by atoms with Gasteiger partial charge in [-0.15, -0.1) is 0 Å². The lowest BCUT2D eigenvalue weighted by atomic mass is 9.88. The first-order valence-electron chi connectivity index (χ1n) is 30.0. The lowest BCUT2D eigenvalue weighted by Gasteiger charge is -2.29. The number of carbonyl (C=O) groups is 12. The molecule has 1 heterocycles. The smallest absolute Gasteiger partial charge is 0.311 e. The number of carbonyl (C=O) groups excluding carboxylic acids is 12. The lowest BCUT2D eigenvalue weighted by molar-refractivity contribution is -0.155. The maximum absolute atomic E-state index is 14.6. The summed E-state index contributed by atoms with van der Waals surface area (Å²) in [6.07, 6.45) is -3.88. The number of benzene rings is 1. The SMILES string of the molecule is CCCC(C)(C)C(=O)OCCC(=O)N[C@@H](CCN)C(=O)N[C@H](C(=O)N[C@@H](CCN)C(=O)N[C@H]1CCNC(=O)[C@H]([C@H](C)O)NC(=O)[C@H](CCN)NC(=O)[C@H](CCN)NC(=O)[C@H](CC(C)C)NC(=O)[C@@H](Cc2ccccc2)NC(=O)[C@H](CCN)NC1=O)C(C)O. The van der Waals surface area contributed by atoms with Crippen molar-refractivity contribution in [2.45, 2.75) is 192 Å². The highest BCUT2D eigenvalue weighted by atomic mass is 16.5. The summed E-state index contributed by atoms with van der Waals surface area (Å²) >= 11 is 0. The highest BCUT2D eigenvalue weighted by Gasteiger charge is 2.38. The van der Waals surface area contributed by atoms with Crippen molar-refractivity contribution in [1.29, 1.82) is 0 Å². The molecule has 1 saturated heterocycles. The molecule has 1 aromatic carbocycles. The van der Waals surface area contributed by atoms with E-state index < -0.39 is 162 Å². The Bertz CT molecular complexity index is 2470. The Hall–Kier alpha value is -7.42. The minimum absolute atomic E-state index is 0.0337. The van der Waals surface area contributed by atoms with E-state index in [2.05, 4.69) is 58.5 Å². The van der Waals surface area contributed by atoms with E-state index in [-0.39, 0.29) is 96.6 Å². The molecular formula is C57H98N16O15. The molecular weight excluding hydrogens is 1150 g/mol. The van der Waals surface area contributed by atoms with Gasteiger partial charge in [-0.3, -0.25) is 57.5 Å². The topological polar surface area (TPSA) is 517 Å². The van der Waals surface area contributed by atoms with Crippen LogP contribution in [0.1, 0.15) is 118 Å². The fraction of sp³-hybridized carbons (Fsp3) is 0.684. The van der Waals surface area contributed by atoms with Crippen molar-refractivity contribution in [2.75, 3.05) is 45.9 Å². The van der Waals surface area contributed by atoms with Gasteiger partial charge in [-0.2, -0.15) is 0 Å². The summed E-state index contributed by atoms with van der Waals surface area (Å²) in [4.78, 5) is 167. The third-order valence-corrected chi connectivity index (χ3v) is 14.2. The van der Waals surface area contributed by atoms with E-state index in [4.69, 9.17) is 33.4 Å². The number of aliphatic hydroxyl groups excluding tert-OH is 2. The van der Waals surface area contributed by atoms with Crippen LogP contribution in [0.5, 0.6) is 0 Å². The molecule has 88 heavy (non-hydrogen) atoms. The Kier molecular flexibility index (Phi) is 34.4. The summed E-state index contributed by atoms with van der Waals surface area (Å²) < 4.78 is 5.29. The van der Waals surface area contributed by atoms with Crippen molar-refractivity contribution in [3.05, 3.63) is 35.9 Å². The first-order chi connectivity index (χ1) is 41.6. The zero-order chi connectivity index (χ0) is 66.3. The van der Waals surface area contributed by atoms with Gasteiger partial charge in [-0.25, -0.2) is 0 Å². The first-order valence-corrected chi connectivity index (χ1v) is 30.0. The third kappa shape index (κ3) is 26.5. The number of amides is 11. The number of hydrogen-bond donors (Lipinski definition) is 18. The van der Waals surface area contributed by atoms with Gasteiger partial charge in [0.15, 0.2) is 0 Å². The summed E-state index contributed by atoms with van der Waals surface area (Å²) in [5, 5.41) is 49.3. The van der Waals surface area contributed by atoms with Crippen LogP contribution in [0.15, 0.2) is 30.3 Å². The van der Waals surface area contributed by atoms with E-state index in [1.807, 2.05) is 6.92 Å². The normalized spacial score (nSPS) is 22.3. The quantitative estimate of drug-likeness (QED) is 0.0332. The number of hydrogen-bond acceptors (Lipinski definition) is 20. The minimum Gasteiger partial charge on any atom is -0.465 e. The van der Waals surface area contributed by atoms with Crippen molar-refractivity contribution >= 4 is 70.9 Å². The predicted octanol–water partition coefficient (Wildman–Crippen LogP) is -6.09. The van der Waals surface area contributed by atoms with Crippen molar-refractivity contribution in [3.63, 3.8) is 0 Å². The van der Waals surface area contributed by atoms with Crippen molar-refractivity contribution in [2.24, 2.45) is 40.0 Å². The Morgan fingerprint density at radius 2 is 1.10 bits per heavy atom. The molecule has 0 spiro atoms. The van der Waals surface area contributed by atoms with Crippen molar-refractivity contribution < 1.29 is 72.5 Å². The summed E-state index contributed by atoms with van der Waals surface area (Å²) in [5.74, 6) is -11.1. The molecule has 496 valence electrons. The van der Waals surface area contributed by atoms with Gasteiger partial charge < -0.3 is 102 Å². The Balaban J connectivity index is 2.65. The molecule has 1 aliphatic rings. The number of aliphatic hydroxyl groups is 2. The molecule has 31 heteroatoms. The summed E-state index contributed by atoms with van der Waals surface area (Å²) in [6.45, 7) is 9.59. The van der Waals surface area contributed by atoms with E-state index in [1.54, 1.807) is 58.0 Å². The first kappa shape index (κ1) is 76.7. The maximum atomic E-state index is 14.6. The van der Waals surface area contributed by atoms with Crippen LogP contribution in [0.25, 0.3) is 0 Å². The predicted molar refractivity (Wildman–Crippen MR) is 323 cm³/mol. The molecule has 11 amide bonds. The van der Waals surface area contributed by atoms with Crippen LogP contribution in [0.2, 0.25) is 0 Å². The molecule has 1 aromatic rings.